The molecule has 0 amide bonds. The molecule has 1 spiro atoms. The molecular weight excluding hydrogens is 252 g/mol. The van der Waals surface area contributed by atoms with Gasteiger partial charge in [-0.25, -0.2) is 0 Å². The summed E-state index contributed by atoms with van der Waals surface area (Å²) in [6, 6.07) is 5.18. The van der Waals surface area contributed by atoms with Gasteiger partial charge in [0.25, 0.3) is 0 Å². The van der Waals surface area contributed by atoms with E-state index in [1.807, 2.05) is 11.3 Å². The van der Waals surface area contributed by atoms with Crippen LogP contribution < -0.4 is 5.32 Å². The van der Waals surface area contributed by atoms with Crippen molar-refractivity contribution in [3.63, 3.8) is 0 Å². The summed E-state index contributed by atoms with van der Waals surface area (Å²) >= 11 is 1.90. The lowest BCUT2D eigenvalue weighted by Crippen LogP contribution is -2.64. The average molecular weight is 278 g/mol. The molecule has 1 aromatic heterocycles. The first-order valence-electron chi connectivity index (χ1n) is 7.83. The van der Waals surface area contributed by atoms with Crippen LogP contribution in [-0.2, 0) is 6.54 Å². The van der Waals surface area contributed by atoms with Crippen molar-refractivity contribution in [2.75, 3.05) is 13.1 Å². The van der Waals surface area contributed by atoms with Crippen LogP contribution in [0.4, 0.5) is 0 Å². The molecule has 19 heavy (non-hydrogen) atoms. The molecule has 2 aliphatic rings. The first-order valence-corrected chi connectivity index (χ1v) is 8.71. The highest BCUT2D eigenvalue weighted by molar-refractivity contribution is 7.09. The van der Waals surface area contributed by atoms with Gasteiger partial charge in [-0.15, -0.1) is 11.3 Å². The number of rotatable bonds is 3. The summed E-state index contributed by atoms with van der Waals surface area (Å²) in [6.07, 6.45) is 8.28. The average Bonchev–Trinajstić information content (AvgIpc) is 2.93. The van der Waals surface area contributed by atoms with Crippen molar-refractivity contribution in [3.05, 3.63) is 22.4 Å². The first kappa shape index (κ1) is 13.6. The largest absolute Gasteiger partial charge is 0.308 e. The molecule has 1 saturated heterocycles. The second-order valence-electron chi connectivity index (χ2n) is 6.27. The van der Waals surface area contributed by atoms with Crippen LogP contribution in [-0.4, -0.2) is 29.6 Å². The third-order valence-electron chi connectivity index (χ3n) is 4.96. The highest BCUT2D eigenvalue weighted by Gasteiger charge is 2.39. The maximum Gasteiger partial charge on any atom is 0.0332 e. The third-order valence-corrected chi connectivity index (χ3v) is 5.82. The monoisotopic (exact) mass is 278 g/mol. The fourth-order valence-electron chi connectivity index (χ4n) is 3.79. The van der Waals surface area contributed by atoms with Crippen LogP contribution in [0.25, 0.3) is 0 Å². The molecule has 0 radical (unpaired) electrons. The van der Waals surface area contributed by atoms with Crippen molar-refractivity contribution in [2.45, 2.75) is 63.6 Å². The molecule has 3 heteroatoms. The summed E-state index contributed by atoms with van der Waals surface area (Å²) in [5.41, 5.74) is 0.432. The number of thiophene rings is 1. The lowest BCUT2D eigenvalue weighted by molar-refractivity contribution is 0.0491. The van der Waals surface area contributed by atoms with Gasteiger partial charge in [0.05, 0.1) is 0 Å². The van der Waals surface area contributed by atoms with E-state index in [4.69, 9.17) is 0 Å². The zero-order chi connectivity index (χ0) is 13.1. The smallest absolute Gasteiger partial charge is 0.0332 e. The first-order chi connectivity index (χ1) is 9.31. The number of hydrogen-bond donors (Lipinski definition) is 1. The molecule has 0 aromatic carbocycles. The SMILES string of the molecule is CCC1CNC2(CCCCC2)CN1Cc1cccs1. The second-order valence-corrected chi connectivity index (χ2v) is 7.30. The van der Waals surface area contributed by atoms with E-state index >= 15 is 0 Å². The van der Waals surface area contributed by atoms with Crippen molar-refractivity contribution in [3.8, 4) is 0 Å². The normalized spacial score (nSPS) is 27.7. The van der Waals surface area contributed by atoms with Crippen LogP contribution >= 0.6 is 11.3 Å². The van der Waals surface area contributed by atoms with Crippen LogP contribution in [0.15, 0.2) is 17.5 Å². The van der Waals surface area contributed by atoms with Crippen molar-refractivity contribution in [1.82, 2.24) is 10.2 Å². The molecular formula is C16H26N2S. The zero-order valence-electron chi connectivity index (χ0n) is 12.0. The zero-order valence-corrected chi connectivity index (χ0v) is 12.8. The Kier molecular flexibility index (Phi) is 4.25. The second kappa shape index (κ2) is 5.94. The van der Waals surface area contributed by atoms with E-state index in [9.17, 15) is 0 Å². The summed E-state index contributed by atoms with van der Waals surface area (Å²) < 4.78 is 0. The molecule has 0 bridgehead atoms. The van der Waals surface area contributed by atoms with Gasteiger partial charge < -0.3 is 5.32 Å². The van der Waals surface area contributed by atoms with Crippen molar-refractivity contribution >= 4 is 11.3 Å². The van der Waals surface area contributed by atoms with E-state index in [1.54, 1.807) is 0 Å². The van der Waals surface area contributed by atoms with Gasteiger partial charge in [-0.3, -0.25) is 4.90 Å². The lowest BCUT2D eigenvalue weighted by atomic mass is 9.79. The summed E-state index contributed by atoms with van der Waals surface area (Å²) in [6.45, 7) is 5.91. The topological polar surface area (TPSA) is 15.3 Å². The van der Waals surface area contributed by atoms with Crippen LogP contribution in [0.1, 0.15) is 50.3 Å². The lowest BCUT2D eigenvalue weighted by Gasteiger charge is -2.49. The molecule has 1 aliphatic heterocycles. The number of piperazine rings is 1. The van der Waals surface area contributed by atoms with Gasteiger partial charge in [-0.1, -0.05) is 32.3 Å². The number of nitrogens with one attached hydrogen (secondary N) is 1. The minimum absolute atomic E-state index is 0.432. The van der Waals surface area contributed by atoms with Crippen LogP contribution in [0.2, 0.25) is 0 Å². The Balaban J connectivity index is 1.70. The van der Waals surface area contributed by atoms with E-state index in [1.165, 1.54) is 56.5 Å². The maximum atomic E-state index is 3.91. The standard InChI is InChI=1S/C16H26N2S/c1-2-14-11-17-16(8-4-3-5-9-16)13-18(14)12-15-7-6-10-19-15/h6-7,10,14,17H,2-5,8-9,11-13H2,1H3. The van der Waals surface area contributed by atoms with Crippen LogP contribution in [0.5, 0.6) is 0 Å². The molecule has 3 rings (SSSR count). The molecule has 2 nitrogen and oxygen atoms in total. The molecule has 1 aliphatic carbocycles. The Morgan fingerprint density at radius 3 is 2.89 bits per heavy atom. The predicted octanol–water partition coefficient (Wildman–Crippen LogP) is 3.63. The molecule has 1 atom stereocenters. The molecule has 2 heterocycles. The Hall–Kier alpha value is -0.380. The molecule has 1 aromatic rings. The van der Waals surface area contributed by atoms with E-state index in [2.05, 4.69) is 34.7 Å². The van der Waals surface area contributed by atoms with Crippen LogP contribution in [0, 0.1) is 0 Å². The van der Waals surface area contributed by atoms with Gasteiger partial charge in [0.2, 0.25) is 0 Å². The van der Waals surface area contributed by atoms with Crippen molar-refractivity contribution < 1.29 is 0 Å². The Labute approximate surface area is 121 Å². The molecule has 106 valence electrons. The van der Waals surface area contributed by atoms with Crippen molar-refractivity contribution in [1.29, 1.82) is 0 Å². The summed E-state index contributed by atoms with van der Waals surface area (Å²) in [7, 11) is 0. The summed E-state index contributed by atoms with van der Waals surface area (Å²) in [5, 5.41) is 6.11. The Bertz CT molecular complexity index is 381. The van der Waals surface area contributed by atoms with Gasteiger partial charge in [0, 0.05) is 36.1 Å². The van der Waals surface area contributed by atoms with E-state index in [0.29, 0.717) is 5.54 Å². The summed E-state index contributed by atoms with van der Waals surface area (Å²) in [5.74, 6) is 0. The Morgan fingerprint density at radius 2 is 2.21 bits per heavy atom. The fraction of sp³-hybridized carbons (Fsp3) is 0.750. The Morgan fingerprint density at radius 1 is 1.37 bits per heavy atom. The molecule has 1 N–H and O–H groups in total. The van der Waals surface area contributed by atoms with E-state index < -0.39 is 0 Å². The van der Waals surface area contributed by atoms with E-state index in [0.717, 1.165) is 12.6 Å². The van der Waals surface area contributed by atoms with E-state index in [-0.39, 0.29) is 0 Å². The van der Waals surface area contributed by atoms with Gasteiger partial charge in [-0.05, 0) is 30.7 Å². The van der Waals surface area contributed by atoms with Crippen LogP contribution in [0.3, 0.4) is 0 Å². The predicted molar refractivity (Wildman–Crippen MR) is 82.6 cm³/mol. The third kappa shape index (κ3) is 3.04. The van der Waals surface area contributed by atoms with Gasteiger partial charge in [0.1, 0.15) is 0 Å². The molecule has 1 saturated carbocycles. The number of nitrogens with zero attached hydrogens (tertiary/aromatic N) is 1. The maximum absolute atomic E-state index is 3.91. The van der Waals surface area contributed by atoms with Crippen molar-refractivity contribution in [2.24, 2.45) is 0 Å². The molecule has 2 fully saturated rings. The minimum Gasteiger partial charge on any atom is -0.308 e. The van der Waals surface area contributed by atoms with Gasteiger partial charge in [0.15, 0.2) is 0 Å². The van der Waals surface area contributed by atoms with Gasteiger partial charge in [-0.2, -0.15) is 0 Å². The highest BCUT2D eigenvalue weighted by Crippen LogP contribution is 2.33. The molecule has 1 unspecified atom stereocenters. The summed E-state index contributed by atoms with van der Waals surface area (Å²) in [4.78, 5) is 4.26. The minimum atomic E-state index is 0.432. The quantitative estimate of drug-likeness (QED) is 0.908. The fourth-order valence-corrected chi connectivity index (χ4v) is 4.52. The van der Waals surface area contributed by atoms with Gasteiger partial charge >= 0.3 is 0 Å². The number of hydrogen-bond acceptors (Lipinski definition) is 3. The highest BCUT2D eigenvalue weighted by atomic mass is 32.1.